The fourth-order valence-electron chi connectivity index (χ4n) is 3.38. The molecule has 160 valence electrons. The average Bonchev–Trinajstić information content (AvgIpc) is 2.67. The van der Waals surface area contributed by atoms with Crippen LogP contribution in [0.25, 0.3) is 0 Å². The summed E-state index contributed by atoms with van der Waals surface area (Å²) in [6, 6.07) is 0. The number of aliphatic hydroxyl groups is 3. The van der Waals surface area contributed by atoms with Crippen LogP contribution in [0.4, 0.5) is 0 Å². The highest BCUT2D eigenvalue weighted by Gasteiger charge is 2.37. The number of aliphatic hydroxyl groups excluding tert-OH is 3. The second-order valence-corrected chi connectivity index (χ2v) is 7.75. The van der Waals surface area contributed by atoms with E-state index in [0.29, 0.717) is 6.61 Å². The largest absolute Gasteiger partial charge is 0.388 e. The quantitative estimate of drug-likeness (QED) is 0.278. The molecule has 1 rings (SSSR count). The number of ether oxygens (including phenoxy) is 2. The molecule has 0 spiro atoms. The molecule has 1 heterocycles. The Morgan fingerprint density at radius 1 is 0.815 bits per heavy atom. The SMILES string of the molecule is CCCCCCCCCCCCC/C=C/COC[C@H]1OC[C@H](O)[C@@H](O)[C@@H]1O. The highest BCUT2D eigenvalue weighted by Crippen LogP contribution is 2.16. The van der Waals surface area contributed by atoms with Crippen LogP contribution in [0.5, 0.6) is 0 Å². The maximum Gasteiger partial charge on any atom is 0.111 e. The van der Waals surface area contributed by atoms with Gasteiger partial charge in [-0.05, 0) is 12.8 Å². The molecule has 0 radical (unpaired) electrons. The number of unbranched alkanes of at least 4 members (excludes halogenated alkanes) is 11. The first-order valence-corrected chi connectivity index (χ1v) is 11.0. The van der Waals surface area contributed by atoms with Crippen molar-refractivity contribution in [2.24, 2.45) is 0 Å². The van der Waals surface area contributed by atoms with E-state index >= 15 is 0 Å². The van der Waals surface area contributed by atoms with Gasteiger partial charge < -0.3 is 24.8 Å². The van der Waals surface area contributed by atoms with Crippen LogP contribution >= 0.6 is 0 Å². The molecule has 0 unspecified atom stereocenters. The van der Waals surface area contributed by atoms with Crippen molar-refractivity contribution >= 4 is 0 Å². The summed E-state index contributed by atoms with van der Waals surface area (Å²) < 4.78 is 10.8. The van der Waals surface area contributed by atoms with Gasteiger partial charge in [-0.25, -0.2) is 0 Å². The maximum atomic E-state index is 9.80. The predicted molar refractivity (Wildman–Crippen MR) is 109 cm³/mol. The number of allylic oxidation sites excluding steroid dienone is 1. The van der Waals surface area contributed by atoms with E-state index in [1.807, 2.05) is 6.08 Å². The first kappa shape index (κ1) is 24.6. The van der Waals surface area contributed by atoms with E-state index in [-0.39, 0.29) is 13.2 Å². The molecule has 1 saturated heterocycles. The van der Waals surface area contributed by atoms with Gasteiger partial charge in [-0.3, -0.25) is 0 Å². The fraction of sp³-hybridized carbons (Fsp3) is 0.909. The van der Waals surface area contributed by atoms with Crippen LogP contribution in [0, 0.1) is 0 Å². The monoisotopic (exact) mass is 386 g/mol. The van der Waals surface area contributed by atoms with Crippen LogP contribution in [0.15, 0.2) is 12.2 Å². The minimum absolute atomic E-state index is 0.0287. The van der Waals surface area contributed by atoms with Crippen molar-refractivity contribution in [3.8, 4) is 0 Å². The molecular formula is C22H42O5. The van der Waals surface area contributed by atoms with Crippen molar-refractivity contribution in [1.82, 2.24) is 0 Å². The van der Waals surface area contributed by atoms with Gasteiger partial charge >= 0.3 is 0 Å². The standard InChI is InChI=1S/C22H42O5/c1-2-3-4-5-6-7-8-9-10-11-12-13-14-15-16-26-18-20-22(25)21(24)19(23)17-27-20/h14-15,19-25H,2-13,16-18H2,1H3/b15-14+/t19-,20+,21+,22+/m0/s1. The number of hydrogen-bond acceptors (Lipinski definition) is 5. The van der Waals surface area contributed by atoms with E-state index in [9.17, 15) is 15.3 Å². The van der Waals surface area contributed by atoms with E-state index in [4.69, 9.17) is 9.47 Å². The van der Waals surface area contributed by atoms with Gasteiger partial charge in [0.1, 0.15) is 24.4 Å². The van der Waals surface area contributed by atoms with Crippen LogP contribution in [0.1, 0.15) is 84.0 Å². The molecule has 1 aliphatic heterocycles. The number of hydrogen-bond donors (Lipinski definition) is 3. The lowest BCUT2D eigenvalue weighted by molar-refractivity contribution is -0.198. The molecule has 0 bridgehead atoms. The van der Waals surface area contributed by atoms with Gasteiger partial charge in [-0.2, -0.15) is 0 Å². The van der Waals surface area contributed by atoms with Crippen LogP contribution in [-0.2, 0) is 9.47 Å². The summed E-state index contributed by atoms with van der Waals surface area (Å²) in [4.78, 5) is 0. The molecule has 0 saturated carbocycles. The Bertz CT molecular complexity index is 361. The maximum absolute atomic E-state index is 9.80. The second kappa shape index (κ2) is 16.5. The lowest BCUT2D eigenvalue weighted by Crippen LogP contribution is -2.54. The molecule has 1 aliphatic rings. The van der Waals surface area contributed by atoms with Gasteiger partial charge in [-0.15, -0.1) is 0 Å². The molecule has 5 nitrogen and oxygen atoms in total. The van der Waals surface area contributed by atoms with E-state index in [0.717, 1.165) is 6.42 Å². The summed E-state index contributed by atoms with van der Waals surface area (Å²) in [6.45, 7) is 2.98. The smallest absolute Gasteiger partial charge is 0.111 e. The summed E-state index contributed by atoms with van der Waals surface area (Å²) in [5, 5.41) is 28.8. The van der Waals surface area contributed by atoms with E-state index in [2.05, 4.69) is 13.0 Å². The Morgan fingerprint density at radius 3 is 2.04 bits per heavy atom. The minimum Gasteiger partial charge on any atom is -0.388 e. The van der Waals surface area contributed by atoms with Gasteiger partial charge in [0.15, 0.2) is 0 Å². The Kier molecular flexibility index (Phi) is 15.0. The van der Waals surface area contributed by atoms with Crippen molar-refractivity contribution in [1.29, 1.82) is 0 Å². The summed E-state index contributed by atoms with van der Waals surface area (Å²) in [6.07, 6.45) is 16.3. The van der Waals surface area contributed by atoms with Crippen LogP contribution in [0.3, 0.4) is 0 Å². The third-order valence-electron chi connectivity index (χ3n) is 5.24. The van der Waals surface area contributed by atoms with Crippen molar-refractivity contribution in [3.05, 3.63) is 12.2 Å². The Balaban J connectivity index is 1.84. The normalized spacial score (nSPS) is 26.1. The summed E-state index contributed by atoms with van der Waals surface area (Å²) in [5.74, 6) is 0. The van der Waals surface area contributed by atoms with Gasteiger partial charge in [0.05, 0.1) is 19.8 Å². The third kappa shape index (κ3) is 11.9. The molecule has 0 amide bonds. The van der Waals surface area contributed by atoms with Crippen molar-refractivity contribution in [2.75, 3.05) is 19.8 Å². The van der Waals surface area contributed by atoms with Gasteiger partial charge in [0, 0.05) is 0 Å². The van der Waals surface area contributed by atoms with Gasteiger partial charge in [0.25, 0.3) is 0 Å². The molecule has 5 heteroatoms. The van der Waals surface area contributed by atoms with Crippen LogP contribution in [-0.4, -0.2) is 59.6 Å². The Hall–Kier alpha value is -0.460. The van der Waals surface area contributed by atoms with Crippen molar-refractivity contribution < 1.29 is 24.8 Å². The van der Waals surface area contributed by atoms with Crippen LogP contribution in [0.2, 0.25) is 0 Å². The first-order chi connectivity index (χ1) is 13.2. The second-order valence-electron chi connectivity index (χ2n) is 7.75. The molecule has 3 N–H and O–H groups in total. The zero-order valence-corrected chi connectivity index (χ0v) is 17.2. The lowest BCUT2D eigenvalue weighted by Gasteiger charge is -2.34. The van der Waals surface area contributed by atoms with Crippen molar-refractivity contribution in [2.45, 2.75) is 108 Å². The highest BCUT2D eigenvalue weighted by molar-refractivity contribution is 4.87. The summed E-state index contributed by atoms with van der Waals surface area (Å²) in [7, 11) is 0. The topological polar surface area (TPSA) is 79.2 Å². The molecule has 0 aromatic heterocycles. The zero-order chi connectivity index (χ0) is 19.7. The molecule has 0 aromatic carbocycles. The summed E-state index contributed by atoms with van der Waals surface area (Å²) >= 11 is 0. The number of rotatable bonds is 16. The Labute approximate surface area is 165 Å². The molecule has 27 heavy (non-hydrogen) atoms. The Morgan fingerprint density at radius 2 is 1.41 bits per heavy atom. The molecule has 4 atom stereocenters. The van der Waals surface area contributed by atoms with Gasteiger partial charge in [-0.1, -0.05) is 83.3 Å². The molecule has 0 aliphatic carbocycles. The fourth-order valence-corrected chi connectivity index (χ4v) is 3.38. The minimum atomic E-state index is -1.16. The highest BCUT2D eigenvalue weighted by atomic mass is 16.6. The predicted octanol–water partition coefficient (Wildman–Crippen LogP) is 3.74. The molecule has 1 fully saturated rings. The van der Waals surface area contributed by atoms with Gasteiger partial charge in [0.2, 0.25) is 0 Å². The molecular weight excluding hydrogens is 344 g/mol. The van der Waals surface area contributed by atoms with E-state index in [1.54, 1.807) is 0 Å². The average molecular weight is 387 g/mol. The van der Waals surface area contributed by atoms with Crippen molar-refractivity contribution in [3.63, 3.8) is 0 Å². The molecule has 0 aromatic rings. The van der Waals surface area contributed by atoms with E-state index in [1.165, 1.54) is 70.6 Å². The first-order valence-electron chi connectivity index (χ1n) is 11.0. The zero-order valence-electron chi connectivity index (χ0n) is 17.2. The van der Waals surface area contributed by atoms with Crippen LogP contribution < -0.4 is 0 Å². The van der Waals surface area contributed by atoms with E-state index < -0.39 is 24.4 Å². The third-order valence-corrected chi connectivity index (χ3v) is 5.24. The lowest BCUT2D eigenvalue weighted by atomic mass is 10.0. The summed E-state index contributed by atoms with van der Waals surface area (Å²) in [5.41, 5.74) is 0.